The molecule has 0 spiro atoms. The molecule has 0 fully saturated rings. The number of carbonyl (C=O) groups is 1. The standard InChI is InChI=1S/C13H22O/c1-3-4-5-6-12-8-7-11(2)13(9-12)10-14/h7-8,10-13H,3-6,9H2,1-2H3. The second-order valence-electron chi connectivity index (χ2n) is 4.54. The van der Waals surface area contributed by atoms with Crippen LogP contribution in [0.5, 0.6) is 0 Å². The molecule has 0 N–H and O–H groups in total. The molecule has 0 saturated carbocycles. The number of rotatable bonds is 5. The largest absolute Gasteiger partial charge is 0.303 e. The third kappa shape index (κ3) is 3.28. The lowest BCUT2D eigenvalue weighted by molar-refractivity contribution is -0.112. The zero-order valence-electron chi connectivity index (χ0n) is 9.41. The minimum absolute atomic E-state index is 0.270. The summed E-state index contributed by atoms with van der Waals surface area (Å²) < 4.78 is 0. The van der Waals surface area contributed by atoms with Gasteiger partial charge in [-0.15, -0.1) is 0 Å². The van der Waals surface area contributed by atoms with Crippen LogP contribution in [0.2, 0.25) is 0 Å². The van der Waals surface area contributed by atoms with E-state index in [9.17, 15) is 4.79 Å². The summed E-state index contributed by atoms with van der Waals surface area (Å²) in [5.41, 5.74) is 0. The van der Waals surface area contributed by atoms with Gasteiger partial charge in [0.05, 0.1) is 0 Å². The second-order valence-corrected chi connectivity index (χ2v) is 4.54. The molecule has 3 unspecified atom stereocenters. The Morgan fingerprint density at radius 2 is 2.14 bits per heavy atom. The Bertz CT molecular complexity index is 195. The van der Waals surface area contributed by atoms with Crippen LogP contribution in [-0.4, -0.2) is 6.29 Å². The SMILES string of the molecule is CCCCCC1C=CC(C)C(C=O)C1. The average molecular weight is 194 g/mol. The maximum atomic E-state index is 10.8. The number of hydrogen-bond acceptors (Lipinski definition) is 1. The Morgan fingerprint density at radius 3 is 2.79 bits per heavy atom. The second kappa shape index (κ2) is 6.00. The van der Waals surface area contributed by atoms with Crippen LogP contribution >= 0.6 is 0 Å². The van der Waals surface area contributed by atoms with E-state index in [1.54, 1.807) is 0 Å². The summed E-state index contributed by atoms with van der Waals surface area (Å²) in [5, 5.41) is 0. The van der Waals surface area contributed by atoms with Crippen LogP contribution in [0.1, 0.15) is 46.0 Å². The minimum Gasteiger partial charge on any atom is -0.303 e. The number of allylic oxidation sites excluding steroid dienone is 2. The van der Waals surface area contributed by atoms with E-state index in [1.165, 1.54) is 25.7 Å². The highest BCUT2D eigenvalue weighted by atomic mass is 16.1. The Hall–Kier alpha value is -0.590. The summed E-state index contributed by atoms with van der Waals surface area (Å²) in [4.78, 5) is 10.8. The van der Waals surface area contributed by atoms with E-state index in [-0.39, 0.29) is 5.92 Å². The Kier molecular flexibility index (Phi) is 4.92. The summed E-state index contributed by atoms with van der Waals surface area (Å²) in [5.74, 6) is 1.38. The highest BCUT2D eigenvalue weighted by Gasteiger charge is 2.22. The third-order valence-electron chi connectivity index (χ3n) is 3.29. The highest BCUT2D eigenvalue weighted by molar-refractivity contribution is 5.55. The van der Waals surface area contributed by atoms with Crippen LogP contribution in [0.3, 0.4) is 0 Å². The first-order chi connectivity index (χ1) is 6.77. The number of carbonyl (C=O) groups excluding carboxylic acids is 1. The predicted octanol–water partition coefficient (Wildman–Crippen LogP) is 3.59. The van der Waals surface area contributed by atoms with Gasteiger partial charge in [0.2, 0.25) is 0 Å². The van der Waals surface area contributed by atoms with Crippen molar-refractivity contribution in [1.82, 2.24) is 0 Å². The van der Waals surface area contributed by atoms with Gasteiger partial charge in [0.25, 0.3) is 0 Å². The zero-order chi connectivity index (χ0) is 10.4. The molecule has 0 aromatic carbocycles. The van der Waals surface area contributed by atoms with Gasteiger partial charge in [0, 0.05) is 5.92 Å². The Labute approximate surface area is 87.6 Å². The average Bonchev–Trinajstić information content (AvgIpc) is 2.21. The van der Waals surface area contributed by atoms with E-state index < -0.39 is 0 Å². The molecule has 80 valence electrons. The quantitative estimate of drug-likeness (QED) is 0.371. The van der Waals surface area contributed by atoms with Gasteiger partial charge < -0.3 is 4.79 Å². The van der Waals surface area contributed by atoms with Gasteiger partial charge in [-0.05, 0) is 24.7 Å². The Morgan fingerprint density at radius 1 is 1.36 bits per heavy atom. The van der Waals surface area contributed by atoms with Crippen LogP contribution in [0, 0.1) is 17.8 Å². The van der Waals surface area contributed by atoms with Crippen molar-refractivity contribution in [3.05, 3.63) is 12.2 Å². The molecule has 1 nitrogen and oxygen atoms in total. The summed E-state index contributed by atoms with van der Waals surface area (Å²) in [7, 11) is 0. The molecule has 0 heterocycles. The van der Waals surface area contributed by atoms with Crippen LogP contribution in [-0.2, 0) is 4.79 Å². The van der Waals surface area contributed by atoms with Gasteiger partial charge in [0.1, 0.15) is 6.29 Å². The maximum absolute atomic E-state index is 10.8. The molecule has 0 amide bonds. The van der Waals surface area contributed by atoms with E-state index in [1.807, 2.05) is 0 Å². The summed E-state index contributed by atoms with van der Waals surface area (Å²) in [6.07, 6.45) is 11.9. The van der Waals surface area contributed by atoms with Crippen molar-refractivity contribution in [2.24, 2.45) is 17.8 Å². The van der Waals surface area contributed by atoms with Crippen molar-refractivity contribution in [3.8, 4) is 0 Å². The molecule has 1 aliphatic carbocycles. The third-order valence-corrected chi connectivity index (χ3v) is 3.29. The van der Waals surface area contributed by atoms with E-state index >= 15 is 0 Å². The van der Waals surface area contributed by atoms with Gasteiger partial charge in [-0.1, -0.05) is 45.3 Å². The smallest absolute Gasteiger partial charge is 0.123 e. The van der Waals surface area contributed by atoms with Crippen LogP contribution < -0.4 is 0 Å². The number of unbranched alkanes of at least 4 members (excludes halogenated alkanes) is 2. The first-order valence-corrected chi connectivity index (χ1v) is 5.91. The topological polar surface area (TPSA) is 17.1 Å². The molecule has 0 aromatic rings. The highest BCUT2D eigenvalue weighted by Crippen LogP contribution is 2.29. The molecule has 3 atom stereocenters. The fourth-order valence-electron chi connectivity index (χ4n) is 2.17. The minimum atomic E-state index is 0.270. The summed E-state index contributed by atoms with van der Waals surface area (Å²) >= 11 is 0. The zero-order valence-corrected chi connectivity index (χ0v) is 9.41. The molecule has 1 heteroatoms. The van der Waals surface area contributed by atoms with Crippen molar-refractivity contribution >= 4 is 6.29 Å². The molecule has 1 rings (SSSR count). The van der Waals surface area contributed by atoms with Gasteiger partial charge in [0.15, 0.2) is 0 Å². The molecule has 0 bridgehead atoms. The van der Waals surface area contributed by atoms with Crippen molar-refractivity contribution in [2.45, 2.75) is 46.0 Å². The molecule has 0 aromatic heterocycles. The molecular weight excluding hydrogens is 172 g/mol. The molecule has 14 heavy (non-hydrogen) atoms. The molecule has 0 aliphatic heterocycles. The van der Waals surface area contributed by atoms with Gasteiger partial charge >= 0.3 is 0 Å². The summed E-state index contributed by atoms with van der Waals surface area (Å²) in [6.45, 7) is 4.37. The number of aldehydes is 1. The molecular formula is C13H22O. The van der Waals surface area contributed by atoms with Crippen molar-refractivity contribution in [1.29, 1.82) is 0 Å². The lowest BCUT2D eigenvalue weighted by Gasteiger charge is -2.25. The fourth-order valence-corrected chi connectivity index (χ4v) is 2.17. The molecule has 0 saturated heterocycles. The van der Waals surface area contributed by atoms with Gasteiger partial charge in [-0.2, -0.15) is 0 Å². The number of hydrogen-bond donors (Lipinski definition) is 0. The molecule has 1 aliphatic rings. The fraction of sp³-hybridized carbons (Fsp3) is 0.769. The van der Waals surface area contributed by atoms with Gasteiger partial charge in [-0.3, -0.25) is 0 Å². The van der Waals surface area contributed by atoms with E-state index in [0.29, 0.717) is 11.8 Å². The Balaban J connectivity index is 2.34. The summed E-state index contributed by atoms with van der Waals surface area (Å²) in [6, 6.07) is 0. The maximum Gasteiger partial charge on any atom is 0.123 e. The van der Waals surface area contributed by atoms with Crippen molar-refractivity contribution < 1.29 is 4.79 Å². The predicted molar refractivity (Wildman–Crippen MR) is 60.1 cm³/mol. The van der Waals surface area contributed by atoms with E-state index in [4.69, 9.17) is 0 Å². The van der Waals surface area contributed by atoms with E-state index in [2.05, 4.69) is 26.0 Å². The lowest BCUT2D eigenvalue weighted by Crippen LogP contribution is -2.19. The van der Waals surface area contributed by atoms with Crippen molar-refractivity contribution in [2.75, 3.05) is 0 Å². The van der Waals surface area contributed by atoms with Gasteiger partial charge in [-0.25, -0.2) is 0 Å². The van der Waals surface area contributed by atoms with Crippen molar-refractivity contribution in [3.63, 3.8) is 0 Å². The first-order valence-electron chi connectivity index (χ1n) is 5.91. The first kappa shape index (κ1) is 11.5. The lowest BCUT2D eigenvalue weighted by atomic mass is 9.79. The van der Waals surface area contributed by atoms with Crippen LogP contribution in [0.25, 0.3) is 0 Å². The monoisotopic (exact) mass is 194 g/mol. The normalized spacial score (nSPS) is 31.7. The van der Waals surface area contributed by atoms with Crippen LogP contribution in [0.4, 0.5) is 0 Å². The van der Waals surface area contributed by atoms with Crippen LogP contribution in [0.15, 0.2) is 12.2 Å². The molecule has 0 radical (unpaired) electrons. The van der Waals surface area contributed by atoms with E-state index in [0.717, 1.165) is 12.7 Å².